The number of nitrogens with zero attached hydrogens (tertiary/aromatic N) is 2. The first-order valence-electron chi connectivity index (χ1n) is 6.57. The lowest BCUT2D eigenvalue weighted by Crippen LogP contribution is -2.12. The Morgan fingerprint density at radius 3 is 2.74 bits per heavy atom. The fraction of sp³-hybridized carbons (Fsp3) is 0.333. The molecule has 0 atom stereocenters. The van der Waals surface area contributed by atoms with Crippen LogP contribution in [-0.2, 0) is 12.8 Å². The second kappa shape index (κ2) is 4.61. The summed E-state index contributed by atoms with van der Waals surface area (Å²) in [6, 6.07) is 4.64. The van der Waals surface area contributed by atoms with Crippen molar-refractivity contribution < 1.29 is 4.39 Å². The average molecular weight is 257 g/mol. The minimum Gasteiger partial charge on any atom is -0.383 e. The predicted molar refractivity (Wildman–Crippen MR) is 73.2 cm³/mol. The van der Waals surface area contributed by atoms with Gasteiger partial charge in [-0.25, -0.2) is 14.4 Å². The van der Waals surface area contributed by atoms with Gasteiger partial charge in [0.25, 0.3) is 0 Å². The molecular weight excluding hydrogens is 241 g/mol. The van der Waals surface area contributed by atoms with Crippen molar-refractivity contribution in [3.05, 3.63) is 40.8 Å². The van der Waals surface area contributed by atoms with Crippen molar-refractivity contribution >= 4 is 5.82 Å². The van der Waals surface area contributed by atoms with Crippen molar-refractivity contribution in [1.29, 1.82) is 0 Å². The number of fused-ring (bicyclic) bond motifs is 1. The summed E-state index contributed by atoms with van der Waals surface area (Å²) in [5.74, 6) is 0.936. The average Bonchev–Trinajstić information content (AvgIpc) is 2.38. The summed E-state index contributed by atoms with van der Waals surface area (Å²) < 4.78 is 13.2. The Hall–Kier alpha value is -1.97. The van der Waals surface area contributed by atoms with E-state index >= 15 is 0 Å². The number of halogens is 1. The first-order valence-corrected chi connectivity index (χ1v) is 6.57. The zero-order valence-electron chi connectivity index (χ0n) is 10.9. The van der Waals surface area contributed by atoms with Gasteiger partial charge in [0, 0.05) is 16.8 Å². The Morgan fingerprint density at radius 1 is 1.16 bits per heavy atom. The molecule has 0 saturated heterocycles. The van der Waals surface area contributed by atoms with Gasteiger partial charge in [-0.2, -0.15) is 0 Å². The normalized spacial score (nSPS) is 14.2. The lowest BCUT2D eigenvalue weighted by Gasteiger charge is -2.17. The Labute approximate surface area is 111 Å². The molecule has 1 aromatic heterocycles. The molecule has 4 heteroatoms. The monoisotopic (exact) mass is 257 g/mol. The maximum absolute atomic E-state index is 13.2. The first-order chi connectivity index (χ1) is 9.15. The van der Waals surface area contributed by atoms with Gasteiger partial charge in [-0.3, -0.25) is 0 Å². The van der Waals surface area contributed by atoms with Gasteiger partial charge in [0.1, 0.15) is 11.6 Å². The standard InChI is InChI=1S/C15H16FN3/c1-9-8-10(16)6-7-11(9)15-18-13-5-3-2-4-12(13)14(17)19-15/h6-8H,2-5H2,1H3,(H2,17,18,19). The molecule has 0 radical (unpaired) electrons. The van der Waals surface area contributed by atoms with E-state index in [2.05, 4.69) is 9.97 Å². The molecule has 1 aliphatic carbocycles. The number of anilines is 1. The van der Waals surface area contributed by atoms with Crippen LogP contribution in [0.15, 0.2) is 18.2 Å². The molecule has 0 aliphatic heterocycles. The van der Waals surface area contributed by atoms with Crippen LogP contribution in [0.1, 0.15) is 29.7 Å². The quantitative estimate of drug-likeness (QED) is 0.854. The largest absolute Gasteiger partial charge is 0.383 e. The Bertz CT molecular complexity index is 638. The molecule has 98 valence electrons. The molecule has 1 heterocycles. The van der Waals surface area contributed by atoms with Crippen LogP contribution >= 0.6 is 0 Å². The number of hydrogen-bond acceptors (Lipinski definition) is 3. The van der Waals surface area contributed by atoms with Crippen LogP contribution in [0.5, 0.6) is 0 Å². The van der Waals surface area contributed by atoms with E-state index in [-0.39, 0.29) is 5.82 Å². The van der Waals surface area contributed by atoms with E-state index in [1.54, 1.807) is 6.07 Å². The van der Waals surface area contributed by atoms with Crippen LogP contribution in [0.25, 0.3) is 11.4 Å². The molecule has 19 heavy (non-hydrogen) atoms. The van der Waals surface area contributed by atoms with Crippen LogP contribution in [0.4, 0.5) is 10.2 Å². The number of hydrogen-bond donors (Lipinski definition) is 1. The number of nitrogens with two attached hydrogens (primary N) is 1. The third kappa shape index (κ3) is 2.18. The number of benzene rings is 1. The predicted octanol–water partition coefficient (Wildman–Crippen LogP) is 3.05. The van der Waals surface area contributed by atoms with Gasteiger partial charge in [-0.1, -0.05) is 0 Å². The van der Waals surface area contributed by atoms with Crippen molar-refractivity contribution in [2.24, 2.45) is 0 Å². The smallest absolute Gasteiger partial charge is 0.162 e. The highest BCUT2D eigenvalue weighted by molar-refractivity contribution is 5.62. The van der Waals surface area contributed by atoms with Crippen molar-refractivity contribution in [2.45, 2.75) is 32.6 Å². The molecule has 2 aromatic rings. The SMILES string of the molecule is Cc1cc(F)ccc1-c1nc(N)c2c(n1)CCCC2. The molecule has 3 nitrogen and oxygen atoms in total. The summed E-state index contributed by atoms with van der Waals surface area (Å²) in [6.07, 6.45) is 4.21. The van der Waals surface area contributed by atoms with Crippen molar-refractivity contribution in [3.63, 3.8) is 0 Å². The Balaban J connectivity index is 2.13. The van der Waals surface area contributed by atoms with Crippen LogP contribution in [0, 0.1) is 12.7 Å². The minimum atomic E-state index is -0.243. The summed E-state index contributed by atoms with van der Waals surface area (Å²) in [7, 11) is 0. The fourth-order valence-corrected chi connectivity index (χ4v) is 2.62. The molecule has 0 spiro atoms. The van der Waals surface area contributed by atoms with E-state index in [0.29, 0.717) is 11.6 Å². The molecule has 2 N–H and O–H groups in total. The van der Waals surface area contributed by atoms with E-state index in [1.807, 2.05) is 6.92 Å². The zero-order valence-corrected chi connectivity index (χ0v) is 10.9. The molecule has 3 rings (SSSR count). The van der Waals surface area contributed by atoms with Crippen molar-refractivity contribution in [2.75, 3.05) is 5.73 Å². The highest BCUT2D eigenvalue weighted by atomic mass is 19.1. The Morgan fingerprint density at radius 2 is 1.95 bits per heavy atom. The maximum Gasteiger partial charge on any atom is 0.162 e. The van der Waals surface area contributed by atoms with Crippen molar-refractivity contribution in [1.82, 2.24) is 9.97 Å². The molecule has 0 saturated carbocycles. The highest BCUT2D eigenvalue weighted by Crippen LogP contribution is 2.28. The molecule has 0 bridgehead atoms. The summed E-state index contributed by atoms with van der Waals surface area (Å²) >= 11 is 0. The summed E-state index contributed by atoms with van der Waals surface area (Å²) in [4.78, 5) is 9.01. The topological polar surface area (TPSA) is 51.8 Å². The van der Waals surface area contributed by atoms with E-state index in [9.17, 15) is 4.39 Å². The summed E-state index contributed by atoms with van der Waals surface area (Å²) in [5.41, 5.74) is 9.86. The molecule has 0 unspecified atom stereocenters. The van der Waals surface area contributed by atoms with Crippen LogP contribution in [-0.4, -0.2) is 9.97 Å². The molecular formula is C15H16FN3. The lowest BCUT2D eigenvalue weighted by molar-refractivity contribution is 0.626. The number of nitrogen functional groups attached to an aromatic ring is 1. The Kier molecular flexibility index (Phi) is 2.93. The van der Waals surface area contributed by atoms with Gasteiger partial charge in [-0.05, 0) is 56.4 Å². The van der Waals surface area contributed by atoms with E-state index in [4.69, 9.17) is 5.73 Å². The van der Waals surface area contributed by atoms with Crippen molar-refractivity contribution in [3.8, 4) is 11.4 Å². The minimum absolute atomic E-state index is 0.243. The van der Waals surface area contributed by atoms with Gasteiger partial charge in [0.15, 0.2) is 5.82 Å². The number of aryl methyl sites for hydroxylation is 2. The van der Waals surface area contributed by atoms with Crippen LogP contribution < -0.4 is 5.73 Å². The number of aromatic nitrogens is 2. The number of rotatable bonds is 1. The van der Waals surface area contributed by atoms with Crippen LogP contribution in [0.2, 0.25) is 0 Å². The maximum atomic E-state index is 13.2. The molecule has 0 amide bonds. The summed E-state index contributed by atoms with van der Waals surface area (Å²) in [5, 5.41) is 0. The van der Waals surface area contributed by atoms with Crippen LogP contribution in [0.3, 0.4) is 0 Å². The third-order valence-corrected chi connectivity index (χ3v) is 3.64. The second-order valence-electron chi connectivity index (χ2n) is 5.02. The zero-order chi connectivity index (χ0) is 13.4. The second-order valence-corrected chi connectivity index (χ2v) is 5.02. The lowest BCUT2D eigenvalue weighted by atomic mass is 9.96. The van der Waals surface area contributed by atoms with Gasteiger partial charge in [-0.15, -0.1) is 0 Å². The third-order valence-electron chi connectivity index (χ3n) is 3.64. The molecule has 0 fully saturated rings. The van der Waals surface area contributed by atoms with Gasteiger partial charge in [0.05, 0.1) is 0 Å². The van der Waals surface area contributed by atoms with E-state index in [0.717, 1.165) is 48.1 Å². The fourth-order valence-electron chi connectivity index (χ4n) is 2.62. The van der Waals surface area contributed by atoms with E-state index < -0.39 is 0 Å². The van der Waals surface area contributed by atoms with E-state index in [1.165, 1.54) is 12.1 Å². The first kappa shape index (κ1) is 12.1. The highest BCUT2D eigenvalue weighted by Gasteiger charge is 2.17. The molecule has 1 aromatic carbocycles. The van der Waals surface area contributed by atoms with Gasteiger partial charge >= 0.3 is 0 Å². The molecule has 1 aliphatic rings. The van der Waals surface area contributed by atoms with Gasteiger partial charge < -0.3 is 5.73 Å². The summed E-state index contributed by atoms with van der Waals surface area (Å²) in [6.45, 7) is 1.86. The van der Waals surface area contributed by atoms with Gasteiger partial charge in [0.2, 0.25) is 0 Å².